The Morgan fingerprint density at radius 2 is 0.952 bits per heavy atom. The molecule has 0 fully saturated rings. The van der Waals surface area contributed by atoms with Crippen LogP contribution in [0.3, 0.4) is 0 Å². The summed E-state index contributed by atoms with van der Waals surface area (Å²) in [5, 5.41) is 14.2. The van der Waals surface area contributed by atoms with Gasteiger partial charge in [0, 0.05) is 11.1 Å². The fraction of sp³-hybridized carbons (Fsp3) is 0.278. The fourth-order valence-corrected chi connectivity index (χ4v) is 10.9. The van der Waals surface area contributed by atoms with Crippen LogP contribution in [0.1, 0.15) is 138 Å². The van der Waals surface area contributed by atoms with Gasteiger partial charge in [0.15, 0.2) is 0 Å². The molecule has 0 radical (unpaired) electrons. The Balaban J connectivity index is 0.000000202. The summed E-state index contributed by atoms with van der Waals surface area (Å²) in [7, 11) is 1.38. The molecule has 12 heteroatoms. The Hall–Kier alpha value is -9.16. The number of benzene rings is 8. The average Bonchev–Trinajstić information content (AvgIpc) is 2.76. The topological polar surface area (TPSA) is 141 Å². The number of aromatic carboxylic acids is 1. The molecule has 84 heavy (non-hydrogen) atoms. The van der Waals surface area contributed by atoms with Gasteiger partial charge in [0.1, 0.15) is 34.9 Å². The Morgan fingerprint density at radius 3 is 1.42 bits per heavy atom. The van der Waals surface area contributed by atoms with Crippen molar-refractivity contribution in [3.05, 3.63) is 237 Å². The molecular formula is C72H74N2O10. The highest BCUT2D eigenvalue weighted by Crippen LogP contribution is 2.41. The van der Waals surface area contributed by atoms with Crippen LogP contribution < -0.4 is 9.47 Å². The van der Waals surface area contributed by atoms with E-state index in [4.69, 9.17) is 23.7 Å². The standard InChI is InChI=1S/2C36H37NO5/c1-22-18-26(19-31(23(22)2)34(38)39)32-20-27(41-33-17-10-9-15-30(32)33)21-37(35(40)42-36(4,5)6)24(3)28-16-11-13-25-12-7-8-14-29(25)28;1-23-18-19-26(20-31(23)34(38)40-6)32-21-27(41-33-17-10-9-15-30(32)33)22-37(35(39)42-36(3,4)5)24(2)28-16-11-13-25-12-7-8-14-29(25)28/h7-20,24,27H,21H2,1-6H3,(H,38,39);7-21,24,27H,22H2,1-6H3/t2*24-,27-/m11/s1. The van der Waals surface area contributed by atoms with Crippen LogP contribution >= 0.6 is 0 Å². The Kier molecular flexibility index (Phi) is 17.5. The highest BCUT2D eigenvalue weighted by atomic mass is 16.6. The molecule has 432 valence electrons. The highest BCUT2D eigenvalue weighted by Gasteiger charge is 2.35. The first kappa shape index (κ1) is 59.5. The molecule has 12 nitrogen and oxygen atoms in total. The van der Waals surface area contributed by atoms with Crippen molar-refractivity contribution in [3.8, 4) is 11.5 Å². The van der Waals surface area contributed by atoms with Crippen molar-refractivity contribution in [2.45, 2.75) is 112 Å². The number of hydrogen-bond donors (Lipinski definition) is 1. The summed E-state index contributed by atoms with van der Waals surface area (Å²) in [5.41, 5.74) is 9.20. The van der Waals surface area contributed by atoms with Crippen LogP contribution in [0, 0.1) is 20.8 Å². The zero-order chi connectivity index (χ0) is 60.2. The van der Waals surface area contributed by atoms with E-state index < -0.39 is 41.6 Å². The molecule has 0 aliphatic carbocycles. The van der Waals surface area contributed by atoms with E-state index in [-0.39, 0.29) is 36.7 Å². The van der Waals surface area contributed by atoms with Crippen LogP contribution in [-0.2, 0) is 14.2 Å². The van der Waals surface area contributed by atoms with Gasteiger partial charge in [0.05, 0.1) is 43.4 Å². The summed E-state index contributed by atoms with van der Waals surface area (Å²) in [6, 6.07) is 53.0. The SMILES string of the molecule is COC(=O)c1cc(C2=C[C@H](CN(C(=O)OC(C)(C)C)[C@H](C)c3cccc4ccccc34)Oc3ccccc32)ccc1C.Cc1cc(C2=C[C@H](CN(C(=O)OC(C)(C)C)[C@H](C)c3cccc4ccccc34)Oc3ccccc32)cc(C(=O)O)c1C. The van der Waals surface area contributed by atoms with Crippen LogP contribution in [0.5, 0.6) is 11.5 Å². The minimum atomic E-state index is -0.963. The van der Waals surface area contributed by atoms with Gasteiger partial charge in [-0.05, 0) is 184 Å². The molecule has 8 aromatic carbocycles. The van der Waals surface area contributed by atoms with Gasteiger partial charge in [-0.25, -0.2) is 19.2 Å². The maximum atomic E-state index is 13.7. The first-order valence-corrected chi connectivity index (χ1v) is 28.4. The molecule has 0 unspecified atom stereocenters. The predicted octanol–water partition coefficient (Wildman–Crippen LogP) is 16.5. The van der Waals surface area contributed by atoms with Crippen LogP contribution in [0.4, 0.5) is 9.59 Å². The van der Waals surface area contributed by atoms with Gasteiger partial charge in [-0.1, -0.05) is 140 Å². The monoisotopic (exact) mass is 1130 g/mol. The fourth-order valence-electron chi connectivity index (χ4n) is 10.9. The Morgan fingerprint density at radius 1 is 0.524 bits per heavy atom. The number of amides is 2. The van der Waals surface area contributed by atoms with Crippen molar-refractivity contribution < 1.29 is 48.0 Å². The van der Waals surface area contributed by atoms with E-state index in [0.717, 1.165) is 82.8 Å². The van der Waals surface area contributed by atoms with E-state index in [0.29, 0.717) is 17.1 Å². The van der Waals surface area contributed by atoms with Gasteiger partial charge < -0.3 is 28.8 Å². The second kappa shape index (κ2) is 24.7. The number of para-hydroxylation sites is 2. The van der Waals surface area contributed by atoms with Crippen LogP contribution in [-0.4, -0.2) is 82.6 Å². The van der Waals surface area contributed by atoms with Gasteiger partial charge in [-0.3, -0.25) is 9.80 Å². The lowest BCUT2D eigenvalue weighted by atomic mass is 9.89. The third-order valence-electron chi connectivity index (χ3n) is 15.3. The number of carbonyl (C=O) groups is 4. The molecule has 1 N–H and O–H groups in total. The number of carboxylic acids is 1. The van der Waals surface area contributed by atoms with Crippen molar-refractivity contribution in [1.82, 2.24) is 9.80 Å². The smallest absolute Gasteiger partial charge is 0.410 e. The van der Waals surface area contributed by atoms with E-state index >= 15 is 0 Å². The number of hydrogen-bond acceptors (Lipinski definition) is 9. The zero-order valence-electron chi connectivity index (χ0n) is 50.0. The van der Waals surface area contributed by atoms with Gasteiger partial charge in [-0.15, -0.1) is 0 Å². The largest absolute Gasteiger partial charge is 0.484 e. The summed E-state index contributed by atoms with van der Waals surface area (Å²) < 4.78 is 29.8. The maximum absolute atomic E-state index is 13.7. The molecule has 2 heterocycles. The van der Waals surface area contributed by atoms with E-state index in [1.807, 2.05) is 204 Å². The van der Waals surface area contributed by atoms with E-state index in [2.05, 4.69) is 42.5 Å². The lowest BCUT2D eigenvalue weighted by Gasteiger charge is -2.35. The molecule has 0 aromatic heterocycles. The van der Waals surface area contributed by atoms with Gasteiger partial charge in [-0.2, -0.15) is 0 Å². The molecule has 0 saturated heterocycles. The maximum Gasteiger partial charge on any atom is 0.410 e. The number of rotatable bonds is 12. The van der Waals surface area contributed by atoms with Gasteiger partial charge >= 0.3 is 24.1 Å². The second-order valence-corrected chi connectivity index (χ2v) is 23.5. The lowest BCUT2D eigenvalue weighted by molar-refractivity contribution is 0.0101. The third kappa shape index (κ3) is 13.3. The minimum Gasteiger partial charge on any atom is -0.484 e. The molecule has 0 bridgehead atoms. The summed E-state index contributed by atoms with van der Waals surface area (Å²) in [4.78, 5) is 55.5. The van der Waals surface area contributed by atoms with Crippen molar-refractivity contribution in [1.29, 1.82) is 0 Å². The molecule has 8 aromatic rings. The van der Waals surface area contributed by atoms with E-state index in [9.17, 15) is 24.3 Å². The molecule has 0 spiro atoms. The normalized spacial score (nSPS) is 15.2. The molecule has 4 atom stereocenters. The lowest BCUT2D eigenvalue weighted by Crippen LogP contribution is -2.44. The quantitative estimate of drug-likeness (QED) is 0.0928. The third-order valence-corrected chi connectivity index (χ3v) is 15.3. The first-order valence-electron chi connectivity index (χ1n) is 28.4. The molecule has 10 rings (SSSR count). The molecule has 2 amide bonds. The highest BCUT2D eigenvalue weighted by molar-refractivity contribution is 5.95. The summed E-state index contributed by atoms with van der Waals surface area (Å²) in [6.45, 7) is 21.3. The summed E-state index contributed by atoms with van der Waals surface area (Å²) >= 11 is 0. The predicted molar refractivity (Wildman–Crippen MR) is 332 cm³/mol. The average molecular weight is 1130 g/mol. The van der Waals surface area contributed by atoms with Gasteiger partial charge in [0.2, 0.25) is 0 Å². The Bertz CT molecular complexity index is 3850. The number of aryl methyl sites for hydroxylation is 2. The first-order chi connectivity index (χ1) is 40.0. The second-order valence-electron chi connectivity index (χ2n) is 23.5. The molecule has 0 saturated carbocycles. The van der Waals surface area contributed by atoms with Crippen LogP contribution in [0.25, 0.3) is 32.7 Å². The molecular weight excluding hydrogens is 1050 g/mol. The van der Waals surface area contributed by atoms with E-state index in [1.54, 1.807) is 15.9 Å². The number of fused-ring (bicyclic) bond motifs is 4. The minimum absolute atomic E-state index is 0.230. The summed E-state index contributed by atoms with van der Waals surface area (Å²) in [6.07, 6.45) is 2.20. The van der Waals surface area contributed by atoms with Gasteiger partial charge in [0.25, 0.3) is 0 Å². The Labute approximate surface area is 492 Å². The molecule has 2 aliphatic heterocycles. The van der Waals surface area contributed by atoms with Crippen molar-refractivity contribution in [2.75, 3.05) is 20.2 Å². The van der Waals surface area contributed by atoms with E-state index in [1.165, 1.54) is 7.11 Å². The number of nitrogens with zero attached hydrogens (tertiary/aromatic N) is 2. The van der Waals surface area contributed by atoms with Crippen molar-refractivity contribution in [3.63, 3.8) is 0 Å². The number of ether oxygens (including phenoxy) is 5. The number of esters is 1. The summed E-state index contributed by atoms with van der Waals surface area (Å²) in [5.74, 6) is 0.0426. The number of carboxylic acid groups (broad SMARTS) is 1. The molecule has 2 aliphatic rings. The van der Waals surface area contributed by atoms with Crippen LogP contribution in [0.2, 0.25) is 0 Å². The number of methoxy groups -OCH3 is 1. The zero-order valence-corrected chi connectivity index (χ0v) is 50.0. The van der Waals surface area contributed by atoms with Crippen molar-refractivity contribution in [2.24, 2.45) is 0 Å². The van der Waals surface area contributed by atoms with Crippen molar-refractivity contribution >= 4 is 56.8 Å². The van der Waals surface area contributed by atoms with Crippen LogP contribution in [0.15, 0.2) is 176 Å². The number of carbonyl (C=O) groups excluding carboxylic acids is 3.